The summed E-state index contributed by atoms with van der Waals surface area (Å²) in [5.41, 5.74) is 1.95. The van der Waals surface area contributed by atoms with Gasteiger partial charge in [0.2, 0.25) is 11.8 Å². The summed E-state index contributed by atoms with van der Waals surface area (Å²) in [6.07, 6.45) is 3.73. The van der Waals surface area contributed by atoms with Gasteiger partial charge in [0.15, 0.2) is 11.5 Å². The Morgan fingerprint density at radius 2 is 1.77 bits per heavy atom. The molecule has 2 heterocycles. The van der Waals surface area contributed by atoms with Crippen molar-refractivity contribution in [1.29, 1.82) is 0 Å². The molecule has 2 bridgehead atoms. The van der Waals surface area contributed by atoms with E-state index in [1.165, 1.54) is 30.2 Å². The van der Waals surface area contributed by atoms with Crippen LogP contribution in [0, 0.1) is 5.82 Å². The molecule has 3 aromatic rings. The van der Waals surface area contributed by atoms with Crippen LogP contribution >= 0.6 is 0 Å². The lowest BCUT2D eigenvalue weighted by Gasteiger charge is -2.25. The van der Waals surface area contributed by atoms with Crippen molar-refractivity contribution in [2.24, 2.45) is 0 Å². The molecule has 2 aliphatic heterocycles. The molecule has 3 aromatic carbocycles. The molecular formula is C33H34FN3O6. The zero-order chi connectivity index (χ0) is 30.3. The van der Waals surface area contributed by atoms with Crippen molar-refractivity contribution in [3.05, 3.63) is 95.3 Å². The molecule has 3 amide bonds. The van der Waals surface area contributed by atoms with Crippen molar-refractivity contribution < 1.29 is 33.0 Å². The number of ether oxygens (including phenoxy) is 3. The maximum absolute atomic E-state index is 13.8. The van der Waals surface area contributed by atoms with E-state index in [9.17, 15) is 18.8 Å². The summed E-state index contributed by atoms with van der Waals surface area (Å²) in [5.74, 6) is -0.594. The normalized spacial score (nSPS) is 18.9. The first-order valence-electron chi connectivity index (χ1n) is 14.1. The van der Waals surface area contributed by atoms with Gasteiger partial charge in [-0.3, -0.25) is 14.4 Å². The van der Waals surface area contributed by atoms with Gasteiger partial charge in [0.25, 0.3) is 5.91 Å². The van der Waals surface area contributed by atoms with E-state index in [1.807, 2.05) is 48.5 Å². The molecule has 9 nitrogen and oxygen atoms in total. The smallest absolute Gasteiger partial charge is 0.258 e. The molecule has 0 radical (unpaired) electrons. The number of benzene rings is 3. The topological polar surface area (TPSA) is 97.4 Å². The van der Waals surface area contributed by atoms with E-state index in [4.69, 9.17) is 14.2 Å². The van der Waals surface area contributed by atoms with Gasteiger partial charge in [0.1, 0.15) is 11.6 Å². The van der Waals surface area contributed by atoms with E-state index in [2.05, 4.69) is 5.32 Å². The van der Waals surface area contributed by atoms with Crippen LogP contribution in [0.25, 0.3) is 6.08 Å². The van der Waals surface area contributed by atoms with Crippen LogP contribution in [0.4, 0.5) is 4.39 Å². The third-order valence-electron chi connectivity index (χ3n) is 7.66. The number of fused-ring (bicyclic) bond motifs is 4. The molecule has 0 saturated carbocycles. The number of nitrogens with zero attached hydrogens (tertiary/aromatic N) is 2. The molecule has 1 fully saturated rings. The van der Waals surface area contributed by atoms with Gasteiger partial charge in [0, 0.05) is 37.7 Å². The van der Waals surface area contributed by atoms with E-state index < -0.39 is 17.8 Å². The van der Waals surface area contributed by atoms with Crippen molar-refractivity contribution >= 4 is 23.8 Å². The summed E-state index contributed by atoms with van der Waals surface area (Å²) in [6, 6.07) is 18.4. The van der Waals surface area contributed by atoms with Crippen molar-refractivity contribution in [3.63, 3.8) is 0 Å². The number of rotatable bonds is 5. The Bertz CT molecular complexity index is 1510. The predicted molar refractivity (Wildman–Crippen MR) is 159 cm³/mol. The van der Waals surface area contributed by atoms with Crippen LogP contribution < -0.4 is 19.5 Å². The van der Waals surface area contributed by atoms with Crippen LogP contribution in [0.3, 0.4) is 0 Å². The Balaban J connectivity index is 1.41. The standard InChI is InChI=1S/C33H34FN3O6/c1-41-28-13-10-23-17-30(28)43-16-6-15-36(33(40)25-12-11-24(34)18-29(25)42-2)21-31(38)35-27-20-37(19-26(23)27)32(39)14-9-22-7-4-3-5-8-22/h3-5,7-14,17-18,26-27H,6,15-16,19-21H2,1-2H3,(H,35,38)/t26-,27+/m1/s1. The Morgan fingerprint density at radius 1 is 0.977 bits per heavy atom. The summed E-state index contributed by atoms with van der Waals surface area (Å²) in [7, 11) is 2.92. The molecule has 0 aliphatic carbocycles. The second kappa shape index (κ2) is 13.4. The van der Waals surface area contributed by atoms with E-state index >= 15 is 0 Å². The highest BCUT2D eigenvalue weighted by molar-refractivity contribution is 5.99. The Labute approximate surface area is 249 Å². The van der Waals surface area contributed by atoms with Crippen molar-refractivity contribution in [2.45, 2.75) is 18.4 Å². The van der Waals surface area contributed by atoms with Gasteiger partial charge >= 0.3 is 0 Å². The number of halogens is 1. The number of methoxy groups -OCH3 is 2. The van der Waals surface area contributed by atoms with E-state index in [1.54, 1.807) is 18.1 Å². The summed E-state index contributed by atoms with van der Waals surface area (Å²) < 4.78 is 30.6. The fourth-order valence-corrected chi connectivity index (χ4v) is 5.47. The molecule has 43 heavy (non-hydrogen) atoms. The molecular weight excluding hydrogens is 553 g/mol. The minimum Gasteiger partial charge on any atom is -0.496 e. The zero-order valence-corrected chi connectivity index (χ0v) is 24.1. The highest BCUT2D eigenvalue weighted by atomic mass is 19.1. The van der Waals surface area contributed by atoms with Crippen molar-refractivity contribution in [1.82, 2.24) is 15.1 Å². The summed E-state index contributed by atoms with van der Waals surface area (Å²) in [4.78, 5) is 43.3. The lowest BCUT2D eigenvalue weighted by molar-refractivity contribution is -0.126. The maximum Gasteiger partial charge on any atom is 0.258 e. The van der Waals surface area contributed by atoms with Crippen LogP contribution in [-0.4, -0.2) is 80.6 Å². The zero-order valence-electron chi connectivity index (χ0n) is 24.1. The van der Waals surface area contributed by atoms with Gasteiger partial charge in [-0.1, -0.05) is 36.4 Å². The lowest BCUT2D eigenvalue weighted by Crippen LogP contribution is -2.47. The fraction of sp³-hybridized carbons (Fsp3) is 0.303. The first-order valence-corrected chi connectivity index (χ1v) is 14.1. The average Bonchev–Trinajstić information content (AvgIpc) is 3.44. The monoisotopic (exact) mass is 587 g/mol. The highest BCUT2D eigenvalue weighted by Gasteiger charge is 2.37. The maximum atomic E-state index is 13.8. The molecule has 0 unspecified atom stereocenters. The minimum absolute atomic E-state index is 0.0823. The number of hydrogen-bond acceptors (Lipinski definition) is 6. The van der Waals surface area contributed by atoms with Gasteiger partial charge in [0.05, 0.1) is 39.0 Å². The number of amides is 3. The molecule has 5 rings (SSSR count). The average molecular weight is 588 g/mol. The van der Waals surface area contributed by atoms with Crippen molar-refractivity contribution in [2.75, 3.05) is 47.0 Å². The Morgan fingerprint density at radius 3 is 2.53 bits per heavy atom. The first-order chi connectivity index (χ1) is 20.9. The number of nitrogens with one attached hydrogen (secondary N) is 1. The van der Waals surface area contributed by atoms with Crippen LogP contribution in [0.1, 0.15) is 33.8 Å². The third-order valence-corrected chi connectivity index (χ3v) is 7.66. The Hall–Kier alpha value is -4.86. The number of carbonyl (C=O) groups is 3. The SMILES string of the molecule is COc1ccc2cc1OCCCN(C(=O)c1ccc(F)cc1OC)CC(=O)N[C@H]1CN(C(=O)C=Cc3ccccc3)C[C@H]21. The second-order valence-corrected chi connectivity index (χ2v) is 10.5. The number of hydrogen-bond donors (Lipinski definition) is 1. The van der Waals surface area contributed by atoms with Gasteiger partial charge < -0.3 is 29.3 Å². The largest absolute Gasteiger partial charge is 0.496 e. The number of carbonyl (C=O) groups excluding carboxylic acids is 3. The second-order valence-electron chi connectivity index (χ2n) is 10.5. The molecule has 224 valence electrons. The molecule has 2 aliphatic rings. The van der Waals surface area contributed by atoms with E-state index in [0.717, 1.165) is 17.2 Å². The lowest BCUT2D eigenvalue weighted by atomic mass is 9.94. The van der Waals surface area contributed by atoms with E-state index in [0.29, 0.717) is 24.5 Å². The molecule has 0 aromatic heterocycles. The summed E-state index contributed by atoms with van der Waals surface area (Å²) in [5, 5.41) is 3.07. The first kappa shape index (κ1) is 29.6. The quantitative estimate of drug-likeness (QED) is 0.455. The van der Waals surface area contributed by atoms with Gasteiger partial charge in [-0.15, -0.1) is 0 Å². The van der Waals surface area contributed by atoms with Gasteiger partial charge in [-0.25, -0.2) is 4.39 Å². The molecule has 2 atom stereocenters. The minimum atomic E-state index is -0.537. The van der Waals surface area contributed by atoms with E-state index in [-0.39, 0.29) is 55.3 Å². The summed E-state index contributed by atoms with van der Waals surface area (Å²) >= 11 is 0. The van der Waals surface area contributed by atoms with Crippen molar-refractivity contribution in [3.8, 4) is 17.2 Å². The van der Waals surface area contributed by atoms with Crippen LogP contribution in [-0.2, 0) is 9.59 Å². The van der Waals surface area contributed by atoms with Crippen LogP contribution in [0.15, 0.2) is 72.8 Å². The highest BCUT2D eigenvalue weighted by Crippen LogP contribution is 2.35. The third kappa shape index (κ3) is 6.97. The molecule has 10 heteroatoms. The molecule has 0 spiro atoms. The Kier molecular flexibility index (Phi) is 9.24. The van der Waals surface area contributed by atoms with Gasteiger partial charge in [-0.2, -0.15) is 0 Å². The molecule has 1 saturated heterocycles. The summed E-state index contributed by atoms with van der Waals surface area (Å²) in [6.45, 7) is 0.901. The fourth-order valence-electron chi connectivity index (χ4n) is 5.47. The van der Waals surface area contributed by atoms with Crippen LogP contribution in [0.2, 0.25) is 0 Å². The van der Waals surface area contributed by atoms with Crippen LogP contribution in [0.5, 0.6) is 17.2 Å². The predicted octanol–water partition coefficient (Wildman–Crippen LogP) is 3.89. The van der Waals surface area contributed by atoms with Gasteiger partial charge in [-0.05, 0) is 47.9 Å². The number of likely N-dealkylation sites (tertiary alicyclic amines) is 1. The molecule has 1 N–H and O–H groups in total.